The first-order chi connectivity index (χ1) is 8.00. The van der Waals surface area contributed by atoms with Crippen LogP contribution in [0.3, 0.4) is 0 Å². The van der Waals surface area contributed by atoms with Crippen LogP contribution in [0, 0.1) is 0 Å². The second kappa shape index (κ2) is 4.32. The molecule has 0 amide bonds. The van der Waals surface area contributed by atoms with Crippen LogP contribution in [0.25, 0.3) is 10.8 Å². The number of benzene rings is 2. The molecule has 0 heterocycles. The Morgan fingerprint density at radius 2 is 1.65 bits per heavy atom. The fourth-order valence-electron chi connectivity index (χ4n) is 1.70. The molecule has 0 aliphatic heterocycles. The van der Waals surface area contributed by atoms with Crippen LogP contribution in [0.15, 0.2) is 36.4 Å². The van der Waals surface area contributed by atoms with Gasteiger partial charge in [-0.25, -0.2) is 0 Å². The highest BCUT2D eigenvalue weighted by Crippen LogP contribution is 2.21. The maximum atomic E-state index is 12.6. The Balaban J connectivity index is 2.47. The molecule has 0 saturated heterocycles. The minimum atomic E-state index is -4.93. The standard InChI is InChI=1S/C12H11BF3O/c1-2-17-12-6-4-9-7-11(13(14,15)16)5-3-10(9)8-12/h3-8H,2H2,1H3/q-1. The predicted molar refractivity (Wildman–Crippen MR) is 63.8 cm³/mol. The molecule has 0 aliphatic rings. The minimum Gasteiger partial charge on any atom is -0.494 e. The summed E-state index contributed by atoms with van der Waals surface area (Å²) in [7, 11) is 0. The lowest BCUT2D eigenvalue weighted by Gasteiger charge is -2.15. The molecule has 1 nitrogen and oxygen atoms in total. The van der Waals surface area contributed by atoms with Crippen LogP contribution in [0.4, 0.5) is 12.9 Å². The van der Waals surface area contributed by atoms with E-state index in [4.69, 9.17) is 4.74 Å². The lowest BCUT2D eigenvalue weighted by atomic mass is 9.79. The van der Waals surface area contributed by atoms with Gasteiger partial charge in [-0.15, -0.1) is 5.46 Å². The fraction of sp³-hybridized carbons (Fsp3) is 0.167. The van der Waals surface area contributed by atoms with E-state index < -0.39 is 12.4 Å². The number of hydrogen-bond acceptors (Lipinski definition) is 1. The smallest absolute Gasteiger partial charge is 0.494 e. The number of halogens is 3. The Labute approximate surface area is 97.3 Å². The highest BCUT2D eigenvalue weighted by atomic mass is 19.4. The third-order valence-electron chi connectivity index (χ3n) is 2.52. The van der Waals surface area contributed by atoms with Gasteiger partial charge >= 0.3 is 6.98 Å². The molecule has 0 saturated carbocycles. The third kappa shape index (κ3) is 2.54. The van der Waals surface area contributed by atoms with Crippen molar-refractivity contribution in [2.24, 2.45) is 0 Å². The summed E-state index contributed by atoms with van der Waals surface area (Å²) in [6.07, 6.45) is 0. The van der Waals surface area contributed by atoms with Crippen molar-refractivity contribution in [3.8, 4) is 5.75 Å². The van der Waals surface area contributed by atoms with Gasteiger partial charge in [0.25, 0.3) is 0 Å². The molecule has 17 heavy (non-hydrogen) atoms. The molecule has 0 aliphatic carbocycles. The first-order valence-corrected chi connectivity index (χ1v) is 5.37. The van der Waals surface area contributed by atoms with Gasteiger partial charge < -0.3 is 17.7 Å². The van der Waals surface area contributed by atoms with E-state index >= 15 is 0 Å². The predicted octanol–water partition coefficient (Wildman–Crippen LogP) is 3.29. The summed E-state index contributed by atoms with van der Waals surface area (Å²) < 4.78 is 43.0. The summed E-state index contributed by atoms with van der Waals surface area (Å²) in [6, 6.07) is 8.82. The van der Waals surface area contributed by atoms with Gasteiger partial charge in [0.05, 0.1) is 6.61 Å². The zero-order valence-electron chi connectivity index (χ0n) is 9.29. The first kappa shape index (κ1) is 11.8. The van der Waals surface area contributed by atoms with Gasteiger partial charge in [-0.3, -0.25) is 0 Å². The number of ether oxygens (including phenoxy) is 1. The summed E-state index contributed by atoms with van der Waals surface area (Å²) in [5.41, 5.74) is -0.568. The van der Waals surface area contributed by atoms with Crippen LogP contribution >= 0.6 is 0 Å². The molecule has 0 N–H and O–H groups in total. The molecule has 0 radical (unpaired) electrons. The fourth-order valence-corrected chi connectivity index (χ4v) is 1.70. The lowest BCUT2D eigenvalue weighted by Crippen LogP contribution is -2.33. The van der Waals surface area contributed by atoms with E-state index in [0.717, 1.165) is 11.5 Å². The van der Waals surface area contributed by atoms with Gasteiger partial charge in [-0.2, -0.15) is 0 Å². The van der Waals surface area contributed by atoms with E-state index in [1.807, 2.05) is 6.92 Å². The Bertz CT molecular complexity index is 537. The van der Waals surface area contributed by atoms with Gasteiger partial charge in [-0.1, -0.05) is 24.3 Å². The number of rotatable bonds is 3. The molecule has 90 valence electrons. The summed E-state index contributed by atoms with van der Waals surface area (Å²) in [4.78, 5) is 0. The van der Waals surface area contributed by atoms with Crippen molar-refractivity contribution in [2.45, 2.75) is 6.92 Å². The SMILES string of the molecule is CCOc1ccc2cc([B-](F)(F)F)ccc2c1. The van der Waals surface area contributed by atoms with E-state index in [1.54, 1.807) is 18.2 Å². The first-order valence-electron chi connectivity index (χ1n) is 5.37. The van der Waals surface area contributed by atoms with Crippen LogP contribution in [0.2, 0.25) is 0 Å². The van der Waals surface area contributed by atoms with E-state index in [-0.39, 0.29) is 0 Å². The molecule has 0 unspecified atom stereocenters. The van der Waals surface area contributed by atoms with Gasteiger partial charge in [0.2, 0.25) is 0 Å². The molecule has 0 spiro atoms. The topological polar surface area (TPSA) is 9.23 Å². The Morgan fingerprint density at radius 3 is 2.29 bits per heavy atom. The molecular weight excluding hydrogens is 228 g/mol. The van der Waals surface area contributed by atoms with Crippen LogP contribution in [0.1, 0.15) is 6.92 Å². The van der Waals surface area contributed by atoms with Crippen molar-refractivity contribution in [3.63, 3.8) is 0 Å². The van der Waals surface area contributed by atoms with Crippen molar-refractivity contribution >= 4 is 23.2 Å². The van der Waals surface area contributed by atoms with Gasteiger partial charge in [-0.05, 0) is 29.8 Å². The Kier molecular flexibility index (Phi) is 3.00. The van der Waals surface area contributed by atoms with E-state index in [2.05, 4.69) is 0 Å². The summed E-state index contributed by atoms with van der Waals surface area (Å²) >= 11 is 0. The van der Waals surface area contributed by atoms with Crippen LogP contribution in [-0.4, -0.2) is 13.6 Å². The average molecular weight is 239 g/mol. The van der Waals surface area contributed by atoms with Gasteiger partial charge in [0, 0.05) is 0 Å². The Morgan fingerprint density at radius 1 is 1.00 bits per heavy atom. The lowest BCUT2D eigenvalue weighted by molar-refractivity contribution is 0.341. The minimum absolute atomic E-state index is 0.537. The average Bonchev–Trinajstić information content (AvgIpc) is 2.27. The molecule has 2 rings (SSSR count). The molecule has 0 bridgehead atoms. The van der Waals surface area contributed by atoms with E-state index in [0.29, 0.717) is 17.7 Å². The van der Waals surface area contributed by atoms with Crippen molar-refractivity contribution in [2.75, 3.05) is 6.61 Å². The zero-order valence-corrected chi connectivity index (χ0v) is 9.29. The molecule has 0 fully saturated rings. The summed E-state index contributed by atoms with van der Waals surface area (Å²) in [5, 5.41) is 1.32. The molecule has 5 heteroatoms. The molecular formula is C12H11BF3O-. The maximum Gasteiger partial charge on any atom is 0.509 e. The van der Waals surface area contributed by atoms with Gasteiger partial charge in [0.1, 0.15) is 5.75 Å². The number of fused-ring (bicyclic) bond motifs is 1. The van der Waals surface area contributed by atoms with Crippen molar-refractivity contribution in [1.29, 1.82) is 0 Å². The third-order valence-corrected chi connectivity index (χ3v) is 2.52. The normalized spacial score (nSPS) is 11.8. The maximum absolute atomic E-state index is 12.6. The molecule has 2 aromatic carbocycles. The second-order valence-electron chi connectivity index (χ2n) is 3.78. The van der Waals surface area contributed by atoms with Gasteiger partial charge in [0.15, 0.2) is 0 Å². The zero-order chi connectivity index (χ0) is 12.5. The quantitative estimate of drug-likeness (QED) is 0.746. The van der Waals surface area contributed by atoms with Crippen LogP contribution in [0.5, 0.6) is 5.75 Å². The number of hydrogen-bond donors (Lipinski definition) is 0. The highest BCUT2D eigenvalue weighted by molar-refractivity contribution is 6.73. The van der Waals surface area contributed by atoms with Crippen LogP contribution in [-0.2, 0) is 0 Å². The summed E-state index contributed by atoms with van der Waals surface area (Å²) in [6.45, 7) is -2.54. The Hall–Kier alpha value is -1.65. The van der Waals surface area contributed by atoms with Crippen LogP contribution < -0.4 is 10.2 Å². The molecule has 0 aromatic heterocycles. The largest absolute Gasteiger partial charge is 0.509 e. The molecule has 2 aromatic rings. The summed E-state index contributed by atoms with van der Waals surface area (Å²) in [5.74, 6) is 0.672. The van der Waals surface area contributed by atoms with E-state index in [9.17, 15) is 12.9 Å². The second-order valence-corrected chi connectivity index (χ2v) is 3.78. The van der Waals surface area contributed by atoms with Crippen molar-refractivity contribution in [1.82, 2.24) is 0 Å². The highest BCUT2D eigenvalue weighted by Gasteiger charge is 2.25. The monoisotopic (exact) mass is 239 g/mol. The van der Waals surface area contributed by atoms with E-state index in [1.165, 1.54) is 12.1 Å². The molecule has 0 atom stereocenters. The van der Waals surface area contributed by atoms with Crippen molar-refractivity contribution in [3.05, 3.63) is 36.4 Å². The van der Waals surface area contributed by atoms with Crippen molar-refractivity contribution < 1.29 is 17.7 Å².